The molecule has 0 aliphatic heterocycles. The molecule has 51 heavy (non-hydrogen) atoms. The second-order valence-corrected chi connectivity index (χ2v) is 12.2. The Morgan fingerprint density at radius 1 is 0.882 bits per heavy atom. The molecule has 5 aromatic rings. The van der Waals surface area contributed by atoms with Gasteiger partial charge in [0.1, 0.15) is 23.6 Å². The Balaban J connectivity index is 1.25. The van der Waals surface area contributed by atoms with Crippen LogP contribution in [-0.4, -0.2) is 70.1 Å². The van der Waals surface area contributed by atoms with Crippen molar-refractivity contribution in [3.8, 4) is 22.5 Å². The van der Waals surface area contributed by atoms with Crippen LogP contribution in [0.1, 0.15) is 55.3 Å². The van der Waals surface area contributed by atoms with Gasteiger partial charge in [0.05, 0.1) is 0 Å². The molecule has 14 nitrogen and oxygen atoms in total. The zero-order valence-electron chi connectivity index (χ0n) is 28.2. The van der Waals surface area contributed by atoms with E-state index in [0.717, 1.165) is 53.0 Å². The third-order valence-electron chi connectivity index (χ3n) is 8.63. The highest BCUT2D eigenvalue weighted by Gasteiger charge is 2.31. The van der Waals surface area contributed by atoms with E-state index in [1.807, 2.05) is 48.5 Å². The normalized spacial score (nSPS) is 12.2. The second-order valence-electron chi connectivity index (χ2n) is 12.2. The van der Waals surface area contributed by atoms with Crippen LogP contribution in [0.15, 0.2) is 85.1 Å². The molecule has 5 N–H and O–H groups in total. The molecule has 2 atom stereocenters. The number of carboxylic acids is 1. The number of aliphatic carboxylic acids is 1. The van der Waals surface area contributed by atoms with E-state index in [0.29, 0.717) is 24.4 Å². The molecule has 14 heteroatoms. The van der Waals surface area contributed by atoms with Crippen LogP contribution in [0.25, 0.3) is 22.5 Å². The Morgan fingerprint density at radius 3 is 2.27 bits per heavy atom. The van der Waals surface area contributed by atoms with Gasteiger partial charge in [-0.3, -0.25) is 19.6 Å². The number of hydrogen-bond acceptors (Lipinski definition) is 9. The van der Waals surface area contributed by atoms with E-state index in [1.54, 1.807) is 36.5 Å². The SMILES string of the molecule is CCCCc1ncc(CCC(=O)C[C@@H](NC(=O)C(Cc2ccccc2)C(=O)NO)C(=O)O)n1Cc1ccc(-c2ccccc2-c2nn[nH]n2)cc1. The lowest BCUT2D eigenvalue weighted by Gasteiger charge is -2.19. The number of carbonyl (C=O) groups is 4. The van der Waals surface area contributed by atoms with Crippen LogP contribution in [0, 0.1) is 5.92 Å². The summed E-state index contributed by atoms with van der Waals surface area (Å²) < 4.78 is 2.10. The fourth-order valence-electron chi connectivity index (χ4n) is 5.86. The number of hydrogen-bond donors (Lipinski definition) is 5. The monoisotopic (exact) mass is 692 g/mol. The average Bonchev–Trinajstić information content (AvgIpc) is 3.83. The summed E-state index contributed by atoms with van der Waals surface area (Å²) in [5.74, 6) is -3.68. The highest BCUT2D eigenvalue weighted by Crippen LogP contribution is 2.30. The van der Waals surface area contributed by atoms with Crippen LogP contribution in [-0.2, 0) is 45.0 Å². The predicted octanol–water partition coefficient (Wildman–Crippen LogP) is 3.95. The lowest BCUT2D eigenvalue weighted by molar-refractivity contribution is -0.146. The van der Waals surface area contributed by atoms with Crippen molar-refractivity contribution in [3.05, 3.63) is 108 Å². The van der Waals surface area contributed by atoms with Crippen molar-refractivity contribution in [1.29, 1.82) is 0 Å². The topological polar surface area (TPSA) is 205 Å². The molecular formula is C37H40N8O6. The first-order chi connectivity index (χ1) is 24.8. The van der Waals surface area contributed by atoms with E-state index in [4.69, 9.17) is 0 Å². The summed E-state index contributed by atoms with van der Waals surface area (Å²) in [5.41, 5.74) is 6.79. The number of aromatic nitrogens is 6. The van der Waals surface area contributed by atoms with Crippen molar-refractivity contribution < 1.29 is 29.5 Å². The van der Waals surface area contributed by atoms with Gasteiger partial charge >= 0.3 is 5.97 Å². The van der Waals surface area contributed by atoms with Crippen molar-refractivity contribution >= 4 is 23.6 Å². The minimum absolute atomic E-state index is 0.0228. The number of imidazole rings is 1. The number of Topliss-reactive ketones (excluding diaryl/α,β-unsaturated/α-hetero) is 1. The van der Waals surface area contributed by atoms with Gasteiger partial charge in [-0.1, -0.05) is 92.2 Å². The van der Waals surface area contributed by atoms with Gasteiger partial charge in [0.25, 0.3) is 5.91 Å². The van der Waals surface area contributed by atoms with Crippen molar-refractivity contribution in [3.63, 3.8) is 0 Å². The first-order valence-electron chi connectivity index (χ1n) is 16.8. The standard InChI is InChI=1S/C37H40N8O6/c1-2-3-13-33-38-22-27(45(33)23-25-14-16-26(17-15-25)29-11-7-8-12-30(29)34-40-43-44-41-34)18-19-28(46)21-32(37(49)50)39-35(47)31(36(48)42-51)20-24-9-5-4-6-10-24/h4-12,14-17,22,31-32,51H,2-3,13,18-21,23H2,1H3,(H,39,47)(H,42,48)(H,49,50)(H,40,41,43,44)/t31?,32-/m1/s1. The van der Waals surface area contributed by atoms with Crippen LogP contribution in [0.3, 0.4) is 0 Å². The van der Waals surface area contributed by atoms with Crippen molar-refractivity contribution in [1.82, 2.24) is 41.0 Å². The number of benzene rings is 3. The lowest BCUT2D eigenvalue weighted by Crippen LogP contribution is -2.48. The number of nitrogens with zero attached hydrogens (tertiary/aromatic N) is 5. The zero-order valence-corrected chi connectivity index (χ0v) is 28.2. The van der Waals surface area contributed by atoms with Gasteiger partial charge < -0.3 is 15.0 Å². The van der Waals surface area contributed by atoms with Gasteiger partial charge in [-0.25, -0.2) is 15.3 Å². The Hall–Kier alpha value is -6.02. The molecule has 2 heterocycles. The Labute approximate surface area is 294 Å². The number of H-pyrrole nitrogens is 1. The van der Waals surface area contributed by atoms with E-state index >= 15 is 0 Å². The van der Waals surface area contributed by atoms with Gasteiger partial charge in [-0.15, -0.1) is 10.2 Å². The number of ketones is 1. The average molecular weight is 693 g/mol. The number of tetrazole rings is 1. The molecule has 0 aliphatic carbocycles. The zero-order chi connectivity index (χ0) is 36.2. The largest absolute Gasteiger partial charge is 0.480 e. The summed E-state index contributed by atoms with van der Waals surface area (Å²) in [7, 11) is 0. The summed E-state index contributed by atoms with van der Waals surface area (Å²) >= 11 is 0. The van der Waals surface area contributed by atoms with Crippen LogP contribution in [0.2, 0.25) is 0 Å². The molecule has 0 spiro atoms. The highest BCUT2D eigenvalue weighted by molar-refractivity contribution is 6.01. The molecule has 264 valence electrons. The number of hydroxylamine groups is 1. The minimum atomic E-state index is -1.55. The van der Waals surface area contributed by atoms with Gasteiger partial charge in [-0.2, -0.15) is 5.21 Å². The van der Waals surface area contributed by atoms with E-state index in [-0.39, 0.29) is 18.6 Å². The van der Waals surface area contributed by atoms with Crippen LogP contribution < -0.4 is 10.8 Å². The maximum atomic E-state index is 13.1. The van der Waals surface area contributed by atoms with E-state index in [1.165, 1.54) is 5.48 Å². The molecule has 2 aromatic heterocycles. The van der Waals surface area contributed by atoms with Gasteiger partial charge in [0, 0.05) is 43.3 Å². The van der Waals surface area contributed by atoms with E-state index < -0.39 is 36.2 Å². The van der Waals surface area contributed by atoms with E-state index in [9.17, 15) is 29.5 Å². The van der Waals surface area contributed by atoms with Crippen molar-refractivity contribution in [2.75, 3.05) is 0 Å². The fraction of sp³-hybridized carbons (Fsp3) is 0.297. The Morgan fingerprint density at radius 2 is 1.61 bits per heavy atom. The number of carboxylic acid groups (broad SMARTS) is 1. The quantitative estimate of drug-likeness (QED) is 0.0508. The minimum Gasteiger partial charge on any atom is -0.480 e. The number of amides is 2. The molecule has 0 aliphatic rings. The molecule has 1 unspecified atom stereocenters. The summed E-state index contributed by atoms with van der Waals surface area (Å²) in [4.78, 5) is 55.2. The smallest absolute Gasteiger partial charge is 0.326 e. The maximum Gasteiger partial charge on any atom is 0.326 e. The molecule has 0 saturated heterocycles. The number of aryl methyl sites for hydroxylation is 2. The first kappa shape index (κ1) is 36.3. The molecule has 2 amide bonds. The van der Waals surface area contributed by atoms with Crippen LogP contribution >= 0.6 is 0 Å². The van der Waals surface area contributed by atoms with E-state index in [2.05, 4.69) is 42.4 Å². The van der Waals surface area contributed by atoms with Gasteiger partial charge in [0.15, 0.2) is 0 Å². The molecule has 0 saturated carbocycles. The van der Waals surface area contributed by atoms with Crippen molar-refractivity contribution in [2.45, 2.75) is 64.5 Å². The summed E-state index contributed by atoms with van der Waals surface area (Å²) in [5, 5.41) is 35.8. The molecule has 0 bridgehead atoms. The van der Waals surface area contributed by atoms with Gasteiger partial charge in [0.2, 0.25) is 11.7 Å². The number of rotatable bonds is 18. The summed E-state index contributed by atoms with van der Waals surface area (Å²) in [6.45, 7) is 2.63. The number of nitrogens with one attached hydrogen (secondary N) is 3. The Kier molecular flexibility index (Phi) is 12.5. The summed E-state index contributed by atoms with van der Waals surface area (Å²) in [6, 6.07) is 23.1. The second kappa shape index (κ2) is 17.6. The highest BCUT2D eigenvalue weighted by atomic mass is 16.5. The first-order valence-corrected chi connectivity index (χ1v) is 16.8. The molecule has 0 fully saturated rings. The molecule has 3 aromatic carbocycles. The van der Waals surface area contributed by atoms with Crippen LogP contribution in [0.4, 0.5) is 0 Å². The van der Waals surface area contributed by atoms with Crippen molar-refractivity contribution in [2.24, 2.45) is 5.92 Å². The van der Waals surface area contributed by atoms with Crippen LogP contribution in [0.5, 0.6) is 0 Å². The predicted molar refractivity (Wildman–Crippen MR) is 186 cm³/mol. The number of aromatic amines is 1. The summed E-state index contributed by atoms with van der Waals surface area (Å²) in [6.07, 6.45) is 4.26. The lowest BCUT2D eigenvalue weighted by atomic mass is 9.96. The third kappa shape index (κ3) is 9.57. The maximum absolute atomic E-state index is 13.1. The fourth-order valence-corrected chi connectivity index (χ4v) is 5.86. The Bertz CT molecular complexity index is 1930. The molecule has 0 radical (unpaired) electrons. The van der Waals surface area contributed by atoms with Gasteiger partial charge in [-0.05, 0) is 46.7 Å². The molecular weight excluding hydrogens is 652 g/mol. The number of carbonyl (C=O) groups excluding carboxylic acids is 3. The molecule has 5 rings (SSSR count). The third-order valence-corrected chi connectivity index (χ3v) is 8.63. The number of unbranched alkanes of at least 4 members (excludes halogenated alkanes) is 1.